The van der Waals surface area contributed by atoms with Crippen LogP contribution in [0, 0.1) is 0 Å². The Balaban J connectivity index is 1.40. The van der Waals surface area contributed by atoms with Crippen molar-refractivity contribution in [2.45, 2.75) is 51.6 Å². The maximum absolute atomic E-state index is 13.7. The number of nitrogens with one attached hydrogen (secondary N) is 1. The van der Waals surface area contributed by atoms with Gasteiger partial charge in [0, 0.05) is 18.3 Å². The molecular formula is C37H39N5O4SSi. The molecule has 0 saturated carbocycles. The molecule has 0 bridgehead atoms. The van der Waals surface area contributed by atoms with Gasteiger partial charge in [-0.25, -0.2) is 9.97 Å². The molecule has 0 aliphatic rings. The van der Waals surface area contributed by atoms with Gasteiger partial charge < -0.3 is 18.3 Å². The summed E-state index contributed by atoms with van der Waals surface area (Å²) < 4.78 is 14.5. The molecule has 2 amide bonds. The van der Waals surface area contributed by atoms with Gasteiger partial charge >= 0.3 is 0 Å². The van der Waals surface area contributed by atoms with Crippen molar-refractivity contribution in [3.8, 4) is 10.6 Å². The molecule has 0 spiro atoms. The second kappa shape index (κ2) is 13.3. The number of carbonyl (C=O) groups excluding carboxylic acids is 2. The van der Waals surface area contributed by atoms with Crippen LogP contribution < -0.4 is 10.2 Å². The van der Waals surface area contributed by atoms with Crippen molar-refractivity contribution in [1.82, 2.24) is 14.5 Å². The summed E-state index contributed by atoms with van der Waals surface area (Å²) in [6.07, 6.45) is 2.68. The van der Waals surface area contributed by atoms with Crippen molar-refractivity contribution in [2.75, 3.05) is 17.3 Å². The van der Waals surface area contributed by atoms with Crippen LogP contribution in [0.3, 0.4) is 0 Å². The van der Waals surface area contributed by atoms with Crippen LogP contribution in [0.5, 0.6) is 0 Å². The Bertz CT molecular complexity index is 2030. The molecule has 0 radical (unpaired) electrons. The molecule has 0 aliphatic heterocycles. The molecule has 1 N–H and O–H groups in total. The lowest BCUT2D eigenvalue weighted by Gasteiger charge is -2.39. The molecule has 11 heteroatoms. The zero-order valence-corrected chi connectivity index (χ0v) is 29.7. The first-order valence-electron chi connectivity index (χ1n) is 15.8. The third-order valence-corrected chi connectivity index (χ3v) is 14.5. The summed E-state index contributed by atoms with van der Waals surface area (Å²) >= 11 is 1.31. The van der Waals surface area contributed by atoms with Gasteiger partial charge in [0.15, 0.2) is 20.5 Å². The summed E-state index contributed by atoms with van der Waals surface area (Å²) in [5, 5.41) is 3.06. The van der Waals surface area contributed by atoms with E-state index in [1.807, 2.05) is 65.2 Å². The van der Waals surface area contributed by atoms with Crippen molar-refractivity contribution >= 4 is 54.1 Å². The number of imidazole rings is 1. The number of fused-ring (bicyclic) bond motifs is 1. The average molecular weight is 678 g/mol. The van der Waals surface area contributed by atoms with Crippen LogP contribution in [0.2, 0.25) is 18.1 Å². The molecule has 6 aromatic rings. The van der Waals surface area contributed by atoms with E-state index in [4.69, 9.17) is 13.8 Å². The van der Waals surface area contributed by atoms with E-state index in [0.717, 1.165) is 16.0 Å². The fourth-order valence-corrected chi connectivity index (χ4v) is 7.30. The van der Waals surface area contributed by atoms with Gasteiger partial charge in [0.2, 0.25) is 5.95 Å². The summed E-state index contributed by atoms with van der Waals surface area (Å²) in [6.45, 7) is 11.6. The van der Waals surface area contributed by atoms with Gasteiger partial charge in [-0.1, -0.05) is 69.3 Å². The number of carbonyl (C=O) groups is 2. The van der Waals surface area contributed by atoms with Crippen molar-refractivity contribution in [3.05, 3.63) is 120 Å². The van der Waals surface area contributed by atoms with Crippen LogP contribution in [0.4, 0.5) is 11.6 Å². The molecule has 246 valence electrons. The number of thiophene rings is 1. The van der Waals surface area contributed by atoms with E-state index in [2.05, 4.69) is 56.3 Å². The van der Waals surface area contributed by atoms with Crippen molar-refractivity contribution < 1.29 is 18.4 Å². The van der Waals surface area contributed by atoms with Crippen molar-refractivity contribution in [3.63, 3.8) is 0 Å². The largest absolute Gasteiger partial charge is 0.443 e. The predicted molar refractivity (Wildman–Crippen MR) is 194 cm³/mol. The highest BCUT2D eigenvalue weighted by Crippen LogP contribution is 2.41. The molecule has 0 aliphatic carbocycles. The first-order valence-corrected chi connectivity index (χ1v) is 19.5. The Kier molecular flexibility index (Phi) is 9.19. The third kappa shape index (κ3) is 6.89. The van der Waals surface area contributed by atoms with Gasteiger partial charge in [0.1, 0.15) is 0 Å². The lowest BCUT2D eigenvalue weighted by atomic mass is 10.1. The number of aromatic nitrogens is 3. The van der Waals surface area contributed by atoms with E-state index in [1.165, 1.54) is 17.7 Å². The van der Waals surface area contributed by atoms with Crippen LogP contribution in [-0.4, -0.2) is 41.7 Å². The van der Waals surface area contributed by atoms with E-state index < -0.39 is 8.32 Å². The van der Waals surface area contributed by atoms with Gasteiger partial charge in [-0.05, 0) is 66.2 Å². The summed E-state index contributed by atoms with van der Waals surface area (Å²) in [6, 6.07) is 28.7. The molecule has 6 rings (SSSR count). The second-order valence-electron chi connectivity index (χ2n) is 13.2. The first-order chi connectivity index (χ1) is 22.9. The summed E-state index contributed by atoms with van der Waals surface area (Å²) in [5.41, 5.74) is 3.77. The molecule has 0 fully saturated rings. The Labute approximate surface area is 285 Å². The fourth-order valence-electron chi connectivity index (χ4n) is 5.17. The Morgan fingerprint density at radius 3 is 2.38 bits per heavy atom. The molecule has 0 unspecified atom stereocenters. The molecule has 48 heavy (non-hydrogen) atoms. The minimum Gasteiger partial charge on any atom is -0.443 e. The highest BCUT2D eigenvalue weighted by atomic mass is 32.1. The van der Waals surface area contributed by atoms with Crippen LogP contribution >= 0.6 is 11.3 Å². The zero-order chi connectivity index (χ0) is 34.1. The molecule has 3 heterocycles. The number of amides is 2. The van der Waals surface area contributed by atoms with E-state index in [1.54, 1.807) is 36.3 Å². The number of oxazole rings is 1. The minimum absolute atomic E-state index is 0.0146. The molecule has 1 atom stereocenters. The highest BCUT2D eigenvalue weighted by Gasteiger charge is 2.40. The summed E-state index contributed by atoms with van der Waals surface area (Å²) in [4.78, 5) is 38.8. The number of hydrogen-bond acceptors (Lipinski definition) is 7. The highest BCUT2D eigenvalue weighted by molar-refractivity contribution is 7.17. The van der Waals surface area contributed by atoms with Gasteiger partial charge in [-0.15, -0.1) is 11.3 Å². The molecule has 9 nitrogen and oxygen atoms in total. The normalized spacial score (nSPS) is 12.6. The van der Waals surface area contributed by atoms with Gasteiger partial charge in [-0.3, -0.25) is 14.9 Å². The number of benzene rings is 3. The quantitative estimate of drug-likeness (QED) is 0.145. The topological polar surface area (TPSA) is 102 Å². The zero-order valence-electron chi connectivity index (χ0n) is 27.9. The first kappa shape index (κ1) is 33.1. The lowest BCUT2D eigenvalue weighted by molar-refractivity contribution is 0.0991. The lowest BCUT2D eigenvalue weighted by Crippen LogP contribution is -2.42. The maximum atomic E-state index is 13.7. The van der Waals surface area contributed by atoms with Crippen LogP contribution in [0.15, 0.2) is 108 Å². The predicted octanol–water partition coefficient (Wildman–Crippen LogP) is 9.04. The van der Waals surface area contributed by atoms with E-state index >= 15 is 0 Å². The Morgan fingerprint density at radius 1 is 1.00 bits per heavy atom. The Hall–Kier alpha value is -4.84. The van der Waals surface area contributed by atoms with E-state index in [0.29, 0.717) is 39.9 Å². The van der Waals surface area contributed by atoms with Gasteiger partial charge in [0.25, 0.3) is 11.8 Å². The minimum atomic E-state index is -2.22. The number of rotatable bonds is 10. The van der Waals surface area contributed by atoms with Gasteiger partial charge in [0.05, 0.1) is 39.6 Å². The number of anilines is 2. The standard InChI is InChI=1S/C37H39N5O4SSi/c1-37(2,3)48(5,6)46-31(25-13-9-7-10-14-25)23-42-29-18-17-27(41(4)35(44)26-15-11-8-12-16-26)21-28(29)39-36(42)40-34(43)33-20-19-32(47-33)30-22-38-24-45-30/h7-22,24,31H,23H2,1-6H3,(H,39,40,43)/t31-/m0/s1. The van der Waals surface area contributed by atoms with Crippen LogP contribution in [0.1, 0.15) is 52.5 Å². The smallest absolute Gasteiger partial charge is 0.268 e. The van der Waals surface area contributed by atoms with E-state index in [-0.39, 0.29) is 23.0 Å². The number of nitrogens with zero attached hydrogens (tertiary/aromatic N) is 4. The van der Waals surface area contributed by atoms with Crippen LogP contribution in [-0.2, 0) is 11.0 Å². The van der Waals surface area contributed by atoms with E-state index in [9.17, 15) is 9.59 Å². The average Bonchev–Trinajstić information content (AvgIpc) is 3.85. The monoisotopic (exact) mass is 677 g/mol. The van der Waals surface area contributed by atoms with Crippen molar-refractivity contribution in [1.29, 1.82) is 0 Å². The molecule has 3 aromatic carbocycles. The molecule has 0 saturated heterocycles. The summed E-state index contributed by atoms with van der Waals surface area (Å²) in [5.74, 6) is 0.565. The van der Waals surface area contributed by atoms with Gasteiger partial charge in [-0.2, -0.15) is 0 Å². The Morgan fingerprint density at radius 2 is 1.71 bits per heavy atom. The fraction of sp³-hybridized carbons (Fsp3) is 0.243. The summed E-state index contributed by atoms with van der Waals surface area (Å²) in [7, 11) is -0.476. The SMILES string of the molecule is CN(C(=O)c1ccccc1)c1ccc2c(c1)nc(NC(=O)c1ccc(-c3cnco3)s1)n2C[C@H](O[Si](C)(C)C(C)(C)C)c1ccccc1. The number of hydrogen-bond donors (Lipinski definition) is 1. The molecular weight excluding hydrogens is 639 g/mol. The second-order valence-corrected chi connectivity index (χ2v) is 19.1. The third-order valence-electron chi connectivity index (χ3n) is 8.94. The van der Waals surface area contributed by atoms with Crippen molar-refractivity contribution in [2.24, 2.45) is 0 Å². The maximum Gasteiger partial charge on any atom is 0.268 e. The molecule has 3 aromatic heterocycles. The van der Waals surface area contributed by atoms with Crippen LogP contribution in [0.25, 0.3) is 21.7 Å².